The van der Waals surface area contributed by atoms with Gasteiger partial charge in [-0.3, -0.25) is 9.98 Å². The summed E-state index contributed by atoms with van der Waals surface area (Å²) in [4.78, 5) is 13.5. The predicted molar refractivity (Wildman–Crippen MR) is 179 cm³/mol. The van der Waals surface area contributed by atoms with Crippen LogP contribution in [-0.4, -0.2) is 61.9 Å². The molecule has 0 amide bonds. The molecule has 0 saturated heterocycles. The molecule has 0 heterocycles. The van der Waals surface area contributed by atoms with Crippen LogP contribution in [0.1, 0.15) is 109 Å². The lowest BCUT2D eigenvalue weighted by molar-refractivity contribution is 0.474. The molecule has 41 heavy (non-hydrogen) atoms. The lowest BCUT2D eigenvalue weighted by Crippen LogP contribution is -2.21. The number of phenols is 2. The highest BCUT2D eigenvalue weighted by molar-refractivity contribution is 5.85. The van der Waals surface area contributed by atoms with E-state index >= 15 is 0 Å². The summed E-state index contributed by atoms with van der Waals surface area (Å²) in [6.45, 7) is 13.9. The van der Waals surface area contributed by atoms with Crippen LogP contribution in [0.4, 0.5) is 11.4 Å². The lowest BCUT2D eigenvalue weighted by Gasteiger charge is -2.21. The van der Waals surface area contributed by atoms with Gasteiger partial charge in [0, 0.05) is 86.3 Å². The molecule has 228 valence electrons. The second-order valence-electron chi connectivity index (χ2n) is 10.8. The third kappa shape index (κ3) is 13.0. The van der Waals surface area contributed by atoms with Gasteiger partial charge in [-0.25, -0.2) is 0 Å². The van der Waals surface area contributed by atoms with Crippen LogP contribution >= 0.6 is 0 Å². The zero-order valence-electron chi connectivity index (χ0n) is 26.3. The summed E-state index contributed by atoms with van der Waals surface area (Å²) in [6.07, 6.45) is 17.5. The molecule has 6 heteroatoms. The van der Waals surface area contributed by atoms with Crippen molar-refractivity contribution < 1.29 is 10.2 Å². The van der Waals surface area contributed by atoms with Crippen LogP contribution in [0.5, 0.6) is 11.5 Å². The van der Waals surface area contributed by atoms with E-state index in [-0.39, 0.29) is 0 Å². The van der Waals surface area contributed by atoms with E-state index in [4.69, 9.17) is 0 Å². The summed E-state index contributed by atoms with van der Waals surface area (Å²) in [5.74, 6) is 0.612. The van der Waals surface area contributed by atoms with Crippen LogP contribution in [0, 0.1) is 0 Å². The minimum Gasteiger partial charge on any atom is -0.507 e. The first-order valence-corrected chi connectivity index (χ1v) is 16.2. The number of hydrogen-bond donors (Lipinski definition) is 2. The molecule has 0 unspecified atom stereocenters. The molecule has 0 aliphatic heterocycles. The molecule has 0 radical (unpaired) electrons. The van der Waals surface area contributed by atoms with E-state index in [1.54, 1.807) is 0 Å². The van der Waals surface area contributed by atoms with Crippen molar-refractivity contribution in [1.82, 2.24) is 0 Å². The maximum Gasteiger partial charge on any atom is 0.126 e. The second kappa shape index (κ2) is 20.8. The molecule has 0 aliphatic carbocycles. The number of anilines is 2. The van der Waals surface area contributed by atoms with Crippen LogP contribution in [0.15, 0.2) is 46.4 Å². The fourth-order valence-corrected chi connectivity index (χ4v) is 5.18. The Hall–Kier alpha value is -3.02. The van der Waals surface area contributed by atoms with Crippen molar-refractivity contribution in [2.24, 2.45) is 9.98 Å². The van der Waals surface area contributed by atoms with Gasteiger partial charge in [-0.1, -0.05) is 57.8 Å². The Morgan fingerprint density at radius 3 is 1.12 bits per heavy atom. The highest BCUT2D eigenvalue weighted by Gasteiger charge is 2.06. The zero-order chi connectivity index (χ0) is 29.7. The fraction of sp³-hybridized carbons (Fsp3) is 0.600. The molecule has 0 bridgehead atoms. The van der Waals surface area contributed by atoms with Gasteiger partial charge in [-0.05, 0) is 64.8 Å². The average Bonchev–Trinajstić information content (AvgIpc) is 2.97. The summed E-state index contributed by atoms with van der Waals surface area (Å²) in [6, 6.07) is 11.7. The Morgan fingerprint density at radius 1 is 0.512 bits per heavy atom. The first-order valence-electron chi connectivity index (χ1n) is 16.2. The van der Waals surface area contributed by atoms with Crippen molar-refractivity contribution in [2.75, 3.05) is 49.1 Å². The topological polar surface area (TPSA) is 71.7 Å². The van der Waals surface area contributed by atoms with Crippen LogP contribution in [0.2, 0.25) is 0 Å². The average molecular weight is 565 g/mol. The van der Waals surface area contributed by atoms with Crippen molar-refractivity contribution in [2.45, 2.75) is 98.3 Å². The molecule has 0 spiro atoms. The molecule has 0 saturated carbocycles. The molecule has 2 aromatic carbocycles. The largest absolute Gasteiger partial charge is 0.507 e. The van der Waals surface area contributed by atoms with Crippen molar-refractivity contribution in [3.8, 4) is 11.5 Å². The quantitative estimate of drug-likeness (QED) is 0.111. The molecular formula is C35H56N4O2. The van der Waals surface area contributed by atoms with Gasteiger partial charge in [0.1, 0.15) is 11.5 Å². The summed E-state index contributed by atoms with van der Waals surface area (Å²) >= 11 is 0. The van der Waals surface area contributed by atoms with Crippen molar-refractivity contribution >= 4 is 23.8 Å². The molecule has 0 aromatic heterocycles. The molecule has 0 atom stereocenters. The van der Waals surface area contributed by atoms with E-state index in [1.807, 2.05) is 36.7 Å². The molecule has 0 fully saturated rings. The minimum absolute atomic E-state index is 0.306. The Bertz CT molecular complexity index is 947. The third-order valence-electron chi connectivity index (χ3n) is 7.82. The maximum absolute atomic E-state index is 10.3. The Balaban J connectivity index is 1.43. The highest BCUT2D eigenvalue weighted by atomic mass is 16.3. The van der Waals surface area contributed by atoms with E-state index in [0.717, 1.165) is 74.6 Å². The number of benzene rings is 2. The number of unbranched alkanes of at least 4 members (excludes halogenated alkanes) is 10. The molecule has 2 N–H and O–H groups in total. The standard InChI is InChI=1S/C35H56N4O2/c1-5-38(6-2)32-22-20-30(34(40)26-32)28-36-24-18-16-14-12-10-9-11-13-15-17-19-25-37-29-31-21-23-33(27-35(31)41)39(7-3)8-4/h20-23,26-29,40-41H,5-19,24-25H2,1-4H3. The first kappa shape index (κ1) is 34.2. The Kier molecular flexibility index (Phi) is 17.3. The monoisotopic (exact) mass is 564 g/mol. The lowest BCUT2D eigenvalue weighted by atomic mass is 10.1. The van der Waals surface area contributed by atoms with Gasteiger partial charge in [0.25, 0.3) is 0 Å². The zero-order valence-corrected chi connectivity index (χ0v) is 26.3. The van der Waals surface area contributed by atoms with Gasteiger partial charge in [-0.2, -0.15) is 0 Å². The van der Waals surface area contributed by atoms with Gasteiger partial charge in [0.05, 0.1) is 0 Å². The molecule has 2 aromatic rings. The van der Waals surface area contributed by atoms with E-state index in [0.29, 0.717) is 11.5 Å². The normalized spacial score (nSPS) is 11.6. The number of hydrogen-bond acceptors (Lipinski definition) is 6. The Labute approximate surface area is 250 Å². The molecule has 0 aliphatic rings. The van der Waals surface area contributed by atoms with Crippen molar-refractivity contribution in [3.63, 3.8) is 0 Å². The first-order chi connectivity index (χ1) is 20.0. The molecular weight excluding hydrogens is 508 g/mol. The maximum atomic E-state index is 10.3. The van der Waals surface area contributed by atoms with Crippen LogP contribution in [0.3, 0.4) is 0 Å². The highest BCUT2D eigenvalue weighted by Crippen LogP contribution is 2.24. The fourth-order valence-electron chi connectivity index (χ4n) is 5.18. The van der Waals surface area contributed by atoms with Crippen molar-refractivity contribution in [1.29, 1.82) is 0 Å². The molecule has 6 nitrogen and oxygen atoms in total. The van der Waals surface area contributed by atoms with Crippen molar-refractivity contribution in [3.05, 3.63) is 47.5 Å². The smallest absolute Gasteiger partial charge is 0.126 e. The number of aliphatic imine (C=N–C) groups is 2. The summed E-state index contributed by atoms with van der Waals surface area (Å²) < 4.78 is 0. The number of rotatable bonds is 22. The van der Waals surface area contributed by atoms with Crippen LogP contribution in [0.25, 0.3) is 0 Å². The van der Waals surface area contributed by atoms with Gasteiger partial charge in [0.15, 0.2) is 0 Å². The second-order valence-corrected chi connectivity index (χ2v) is 10.8. The molecule has 2 rings (SSSR count). The van der Waals surface area contributed by atoms with Crippen LogP contribution < -0.4 is 9.80 Å². The van der Waals surface area contributed by atoms with E-state index < -0.39 is 0 Å². The third-order valence-corrected chi connectivity index (χ3v) is 7.82. The van der Waals surface area contributed by atoms with Crippen LogP contribution in [-0.2, 0) is 0 Å². The SMILES string of the molecule is CCN(CC)c1ccc(C=NCCCCCCCCCCCCCN=Cc2ccc(N(CC)CC)cc2O)c(O)c1. The minimum atomic E-state index is 0.306. The van der Waals surface area contributed by atoms with E-state index in [1.165, 1.54) is 57.8 Å². The van der Waals surface area contributed by atoms with Gasteiger partial charge >= 0.3 is 0 Å². The van der Waals surface area contributed by atoms with Gasteiger partial charge in [0.2, 0.25) is 0 Å². The van der Waals surface area contributed by atoms with Gasteiger partial charge < -0.3 is 20.0 Å². The number of phenolic OH excluding ortho intramolecular Hbond substituents is 2. The van der Waals surface area contributed by atoms with E-state index in [2.05, 4.69) is 59.6 Å². The number of nitrogens with zero attached hydrogens (tertiary/aromatic N) is 4. The summed E-state index contributed by atoms with van der Waals surface area (Å²) in [7, 11) is 0. The predicted octanol–water partition coefficient (Wildman–Crippen LogP) is 8.62. The van der Waals surface area contributed by atoms with E-state index in [9.17, 15) is 10.2 Å². The Morgan fingerprint density at radius 2 is 0.829 bits per heavy atom. The summed E-state index contributed by atoms with van der Waals surface area (Å²) in [5, 5.41) is 20.6. The summed E-state index contributed by atoms with van der Waals surface area (Å²) in [5.41, 5.74) is 3.71. The number of aromatic hydroxyl groups is 2. The van der Waals surface area contributed by atoms with Gasteiger partial charge in [-0.15, -0.1) is 0 Å².